The molecule has 1 atom stereocenters. The molecule has 0 heterocycles. The highest BCUT2D eigenvalue weighted by Crippen LogP contribution is 2.25. The summed E-state index contributed by atoms with van der Waals surface area (Å²) in [7, 11) is 1.58. The number of hydrogen-bond donors (Lipinski definition) is 0. The molecule has 0 saturated heterocycles. The molecule has 1 aliphatic rings. The molecule has 0 radical (unpaired) electrons. The second-order valence-corrected chi connectivity index (χ2v) is 4.00. The van der Waals surface area contributed by atoms with E-state index in [1.807, 2.05) is 0 Å². The number of carbonyl (C=O) groups is 2. The number of benzene rings is 1. The molecule has 0 N–H and O–H groups in total. The van der Waals surface area contributed by atoms with Gasteiger partial charge in [-0.2, -0.15) is 0 Å². The molecular formula is C13H14O3. The normalized spacial score (nSPS) is 19.8. The van der Waals surface area contributed by atoms with E-state index in [0.717, 1.165) is 6.42 Å². The summed E-state index contributed by atoms with van der Waals surface area (Å²) >= 11 is 0. The highest BCUT2D eigenvalue weighted by Gasteiger charge is 2.31. The van der Waals surface area contributed by atoms with Gasteiger partial charge in [0.2, 0.25) is 0 Å². The molecule has 2 rings (SSSR count). The van der Waals surface area contributed by atoms with Crippen LogP contribution in [0.15, 0.2) is 24.3 Å². The Kier molecular flexibility index (Phi) is 3.04. The lowest BCUT2D eigenvalue weighted by Gasteiger charge is -2.07. The number of methoxy groups -OCH3 is 1. The molecule has 0 aliphatic heterocycles. The van der Waals surface area contributed by atoms with Crippen LogP contribution >= 0.6 is 0 Å². The highest BCUT2D eigenvalue weighted by molar-refractivity contribution is 6.11. The van der Waals surface area contributed by atoms with Crippen LogP contribution < -0.4 is 4.74 Å². The van der Waals surface area contributed by atoms with E-state index in [9.17, 15) is 9.59 Å². The number of rotatable bonds is 3. The Morgan fingerprint density at radius 1 is 1.31 bits per heavy atom. The first-order valence-electron chi connectivity index (χ1n) is 5.43. The lowest BCUT2D eigenvalue weighted by atomic mass is 9.95. The fraction of sp³-hybridized carbons (Fsp3) is 0.385. The Morgan fingerprint density at radius 3 is 2.50 bits per heavy atom. The van der Waals surface area contributed by atoms with Gasteiger partial charge in [0.1, 0.15) is 11.5 Å². The van der Waals surface area contributed by atoms with Crippen LogP contribution in [0, 0.1) is 5.92 Å². The first-order valence-corrected chi connectivity index (χ1v) is 5.43. The third-order valence-electron chi connectivity index (χ3n) is 3.00. The largest absolute Gasteiger partial charge is 0.497 e. The summed E-state index contributed by atoms with van der Waals surface area (Å²) in [5, 5.41) is 0. The van der Waals surface area contributed by atoms with Crippen molar-refractivity contribution in [3.63, 3.8) is 0 Å². The molecule has 1 fully saturated rings. The summed E-state index contributed by atoms with van der Waals surface area (Å²) in [6.45, 7) is 0. The van der Waals surface area contributed by atoms with E-state index in [-0.39, 0.29) is 11.6 Å². The van der Waals surface area contributed by atoms with Crippen molar-refractivity contribution in [1.82, 2.24) is 0 Å². The molecule has 1 unspecified atom stereocenters. The lowest BCUT2D eigenvalue weighted by Crippen LogP contribution is -2.18. The Labute approximate surface area is 94.4 Å². The SMILES string of the molecule is COc1ccc(C(=O)C2CCCC2=O)cc1. The van der Waals surface area contributed by atoms with Crippen LogP contribution in [0.2, 0.25) is 0 Å². The maximum atomic E-state index is 12.0. The Bertz CT molecular complexity index is 406. The number of ketones is 2. The molecule has 84 valence electrons. The number of carbonyl (C=O) groups excluding carboxylic acids is 2. The van der Waals surface area contributed by atoms with Crippen LogP contribution in [0.25, 0.3) is 0 Å². The maximum Gasteiger partial charge on any atom is 0.173 e. The van der Waals surface area contributed by atoms with Crippen molar-refractivity contribution in [3.05, 3.63) is 29.8 Å². The van der Waals surface area contributed by atoms with Crippen molar-refractivity contribution in [2.45, 2.75) is 19.3 Å². The van der Waals surface area contributed by atoms with E-state index in [1.54, 1.807) is 31.4 Å². The Balaban J connectivity index is 2.17. The quantitative estimate of drug-likeness (QED) is 0.577. The minimum atomic E-state index is -0.409. The van der Waals surface area contributed by atoms with Gasteiger partial charge in [-0.25, -0.2) is 0 Å². The minimum absolute atomic E-state index is 0.0508. The molecule has 3 heteroatoms. The fourth-order valence-corrected chi connectivity index (χ4v) is 2.05. The lowest BCUT2D eigenvalue weighted by molar-refractivity contribution is -0.119. The first-order chi connectivity index (χ1) is 7.72. The van der Waals surface area contributed by atoms with Crippen molar-refractivity contribution in [1.29, 1.82) is 0 Å². The topological polar surface area (TPSA) is 43.4 Å². The fourth-order valence-electron chi connectivity index (χ4n) is 2.05. The zero-order valence-electron chi connectivity index (χ0n) is 9.23. The van der Waals surface area contributed by atoms with Crippen molar-refractivity contribution in [3.8, 4) is 5.75 Å². The van der Waals surface area contributed by atoms with Gasteiger partial charge in [-0.15, -0.1) is 0 Å². The average molecular weight is 218 g/mol. The number of ether oxygens (including phenoxy) is 1. The van der Waals surface area contributed by atoms with Crippen LogP contribution in [-0.2, 0) is 4.79 Å². The molecule has 0 amide bonds. The standard InChI is InChI=1S/C13H14O3/c1-16-10-7-5-9(6-8-10)13(15)11-3-2-4-12(11)14/h5-8,11H,2-4H2,1H3. The van der Waals surface area contributed by atoms with Gasteiger partial charge in [-0.3, -0.25) is 9.59 Å². The van der Waals surface area contributed by atoms with Crippen molar-refractivity contribution in [2.24, 2.45) is 5.92 Å². The van der Waals surface area contributed by atoms with Crippen LogP contribution in [0.4, 0.5) is 0 Å². The first kappa shape index (κ1) is 10.9. The van der Waals surface area contributed by atoms with Gasteiger partial charge in [-0.05, 0) is 37.1 Å². The molecule has 1 aromatic rings. The second kappa shape index (κ2) is 4.47. The zero-order valence-corrected chi connectivity index (χ0v) is 9.23. The number of Topliss-reactive ketones (excluding diaryl/α,β-unsaturated/α-hetero) is 2. The van der Waals surface area contributed by atoms with E-state index in [0.29, 0.717) is 24.2 Å². The van der Waals surface area contributed by atoms with Gasteiger partial charge in [0.15, 0.2) is 5.78 Å². The third-order valence-corrected chi connectivity index (χ3v) is 3.00. The van der Waals surface area contributed by atoms with E-state index in [4.69, 9.17) is 4.74 Å². The van der Waals surface area contributed by atoms with Gasteiger partial charge >= 0.3 is 0 Å². The third kappa shape index (κ3) is 1.98. The summed E-state index contributed by atoms with van der Waals surface area (Å²) in [5.74, 6) is 0.341. The monoisotopic (exact) mass is 218 g/mol. The van der Waals surface area contributed by atoms with Crippen molar-refractivity contribution in [2.75, 3.05) is 7.11 Å². The molecule has 16 heavy (non-hydrogen) atoms. The summed E-state index contributed by atoms with van der Waals surface area (Å²) in [6, 6.07) is 6.92. The van der Waals surface area contributed by atoms with E-state index >= 15 is 0 Å². The van der Waals surface area contributed by atoms with Gasteiger partial charge in [0, 0.05) is 12.0 Å². The Morgan fingerprint density at radius 2 is 2.00 bits per heavy atom. The summed E-state index contributed by atoms with van der Waals surface area (Å²) < 4.78 is 5.02. The van der Waals surface area contributed by atoms with Gasteiger partial charge in [-0.1, -0.05) is 0 Å². The van der Waals surface area contributed by atoms with Crippen LogP contribution in [0.1, 0.15) is 29.6 Å². The summed E-state index contributed by atoms with van der Waals surface area (Å²) in [5.41, 5.74) is 0.598. The number of hydrogen-bond acceptors (Lipinski definition) is 3. The molecule has 0 aromatic heterocycles. The van der Waals surface area contributed by atoms with Crippen molar-refractivity contribution >= 4 is 11.6 Å². The molecule has 3 nitrogen and oxygen atoms in total. The second-order valence-electron chi connectivity index (χ2n) is 4.00. The maximum absolute atomic E-state index is 12.0. The van der Waals surface area contributed by atoms with Crippen molar-refractivity contribution < 1.29 is 14.3 Å². The van der Waals surface area contributed by atoms with Crippen LogP contribution in [0.3, 0.4) is 0 Å². The van der Waals surface area contributed by atoms with Gasteiger partial charge < -0.3 is 4.74 Å². The minimum Gasteiger partial charge on any atom is -0.497 e. The van der Waals surface area contributed by atoms with E-state index < -0.39 is 5.92 Å². The van der Waals surface area contributed by atoms with Crippen LogP contribution in [-0.4, -0.2) is 18.7 Å². The molecular weight excluding hydrogens is 204 g/mol. The molecule has 1 saturated carbocycles. The van der Waals surface area contributed by atoms with Gasteiger partial charge in [0.05, 0.1) is 13.0 Å². The zero-order chi connectivity index (χ0) is 11.5. The average Bonchev–Trinajstić information content (AvgIpc) is 2.75. The summed E-state index contributed by atoms with van der Waals surface area (Å²) in [6.07, 6.45) is 2.08. The van der Waals surface area contributed by atoms with Gasteiger partial charge in [0.25, 0.3) is 0 Å². The predicted molar refractivity (Wildman–Crippen MR) is 59.7 cm³/mol. The Hall–Kier alpha value is -1.64. The smallest absolute Gasteiger partial charge is 0.173 e. The molecule has 0 spiro atoms. The molecule has 1 aliphatic carbocycles. The molecule has 0 bridgehead atoms. The predicted octanol–water partition coefficient (Wildman–Crippen LogP) is 2.25. The highest BCUT2D eigenvalue weighted by atomic mass is 16.5. The summed E-state index contributed by atoms with van der Waals surface area (Å²) in [4.78, 5) is 23.5. The molecule has 1 aromatic carbocycles. The van der Waals surface area contributed by atoms with E-state index in [2.05, 4.69) is 0 Å². The van der Waals surface area contributed by atoms with Crippen LogP contribution in [0.5, 0.6) is 5.75 Å². The van der Waals surface area contributed by atoms with E-state index in [1.165, 1.54) is 0 Å².